The molecule has 0 saturated heterocycles. The summed E-state index contributed by atoms with van der Waals surface area (Å²) in [5, 5.41) is 3.25. The molecule has 1 heterocycles. The minimum absolute atomic E-state index is 0.660. The van der Waals surface area contributed by atoms with Crippen LogP contribution < -0.4 is 5.32 Å². The van der Waals surface area contributed by atoms with Crippen molar-refractivity contribution in [2.75, 3.05) is 5.32 Å². The fourth-order valence-electron chi connectivity index (χ4n) is 1.89. The van der Waals surface area contributed by atoms with Crippen molar-refractivity contribution >= 4 is 11.6 Å². The first-order valence-corrected chi connectivity index (χ1v) is 5.99. The van der Waals surface area contributed by atoms with Crippen LogP contribution in [0.5, 0.6) is 0 Å². The van der Waals surface area contributed by atoms with E-state index in [0.29, 0.717) is 11.9 Å². The lowest BCUT2D eigenvalue weighted by Gasteiger charge is -2.07. The van der Waals surface area contributed by atoms with E-state index in [9.17, 15) is 0 Å². The summed E-state index contributed by atoms with van der Waals surface area (Å²) < 4.78 is 0. The Morgan fingerprint density at radius 3 is 2.59 bits per heavy atom. The maximum absolute atomic E-state index is 4.57. The van der Waals surface area contributed by atoms with Gasteiger partial charge in [0.05, 0.1) is 0 Å². The molecule has 3 rings (SSSR count). The molecule has 0 radical (unpaired) electrons. The minimum atomic E-state index is 0.660. The van der Waals surface area contributed by atoms with E-state index >= 15 is 0 Å². The third-order valence-electron chi connectivity index (χ3n) is 2.90. The van der Waals surface area contributed by atoms with E-state index in [-0.39, 0.29) is 0 Å². The van der Waals surface area contributed by atoms with E-state index in [1.54, 1.807) is 0 Å². The van der Waals surface area contributed by atoms with E-state index in [2.05, 4.69) is 21.4 Å². The number of aryl methyl sites for hydroxylation is 1. The first-order valence-electron chi connectivity index (χ1n) is 5.99. The molecule has 1 aliphatic rings. The fourth-order valence-corrected chi connectivity index (χ4v) is 1.89. The topological polar surface area (TPSA) is 37.8 Å². The number of nitrogens with one attached hydrogen (secondary N) is 1. The van der Waals surface area contributed by atoms with Crippen molar-refractivity contribution in [1.29, 1.82) is 0 Å². The maximum Gasteiger partial charge on any atom is 0.227 e. The summed E-state index contributed by atoms with van der Waals surface area (Å²) in [5.41, 5.74) is 3.23. The molecule has 2 aromatic rings. The van der Waals surface area contributed by atoms with E-state index in [1.807, 2.05) is 37.3 Å². The van der Waals surface area contributed by atoms with Crippen molar-refractivity contribution in [2.45, 2.75) is 25.7 Å². The highest BCUT2D eigenvalue weighted by Gasteiger charge is 2.25. The summed E-state index contributed by atoms with van der Waals surface area (Å²) in [7, 11) is 0. The van der Waals surface area contributed by atoms with Gasteiger partial charge in [0.2, 0.25) is 5.95 Å². The number of para-hydroxylation sites is 1. The smallest absolute Gasteiger partial charge is 0.227 e. The molecule has 1 saturated carbocycles. The highest BCUT2D eigenvalue weighted by atomic mass is 15.2. The lowest BCUT2D eigenvalue weighted by molar-refractivity contribution is 0.972. The summed E-state index contributed by atoms with van der Waals surface area (Å²) in [6.07, 6.45) is 2.53. The summed E-state index contributed by atoms with van der Waals surface area (Å²) >= 11 is 0. The first kappa shape index (κ1) is 10.3. The third kappa shape index (κ3) is 2.44. The summed E-state index contributed by atoms with van der Waals surface area (Å²) in [6, 6.07) is 12.1. The quantitative estimate of drug-likeness (QED) is 0.879. The highest BCUT2D eigenvalue weighted by molar-refractivity contribution is 5.53. The lowest BCUT2D eigenvalue weighted by Crippen LogP contribution is -2.01. The second-order valence-electron chi connectivity index (χ2n) is 4.52. The normalized spacial score (nSPS) is 14.6. The number of aromatic nitrogens is 2. The van der Waals surface area contributed by atoms with Gasteiger partial charge >= 0.3 is 0 Å². The molecule has 3 heteroatoms. The molecular weight excluding hydrogens is 216 g/mol. The van der Waals surface area contributed by atoms with Gasteiger partial charge in [-0.15, -0.1) is 0 Å². The Morgan fingerprint density at radius 1 is 1.12 bits per heavy atom. The van der Waals surface area contributed by atoms with Crippen LogP contribution in [0.2, 0.25) is 0 Å². The van der Waals surface area contributed by atoms with Crippen molar-refractivity contribution in [3.63, 3.8) is 0 Å². The van der Waals surface area contributed by atoms with Crippen LogP contribution in [0.3, 0.4) is 0 Å². The van der Waals surface area contributed by atoms with Crippen molar-refractivity contribution in [3.8, 4) is 0 Å². The largest absolute Gasteiger partial charge is 0.324 e. The Labute approximate surface area is 101 Å². The summed E-state index contributed by atoms with van der Waals surface area (Å²) in [6.45, 7) is 2.02. The lowest BCUT2D eigenvalue weighted by atomic mass is 10.2. The predicted octanol–water partition coefficient (Wildman–Crippen LogP) is 3.41. The zero-order chi connectivity index (χ0) is 11.7. The molecule has 86 valence electrons. The maximum atomic E-state index is 4.57. The van der Waals surface area contributed by atoms with Gasteiger partial charge in [0, 0.05) is 23.0 Å². The van der Waals surface area contributed by atoms with Crippen LogP contribution in [-0.4, -0.2) is 9.97 Å². The number of nitrogens with zero attached hydrogens (tertiary/aromatic N) is 2. The van der Waals surface area contributed by atoms with Crippen LogP contribution in [0.15, 0.2) is 36.4 Å². The molecule has 0 amide bonds. The van der Waals surface area contributed by atoms with Gasteiger partial charge in [0.15, 0.2) is 0 Å². The minimum Gasteiger partial charge on any atom is -0.324 e. The highest BCUT2D eigenvalue weighted by Crippen LogP contribution is 2.39. The van der Waals surface area contributed by atoms with Gasteiger partial charge in [-0.1, -0.05) is 18.2 Å². The van der Waals surface area contributed by atoms with Gasteiger partial charge in [-0.2, -0.15) is 0 Å². The number of rotatable bonds is 3. The van der Waals surface area contributed by atoms with Crippen molar-refractivity contribution in [3.05, 3.63) is 47.8 Å². The van der Waals surface area contributed by atoms with E-state index < -0.39 is 0 Å². The van der Waals surface area contributed by atoms with Gasteiger partial charge in [-0.25, -0.2) is 9.97 Å². The third-order valence-corrected chi connectivity index (χ3v) is 2.90. The number of hydrogen-bond acceptors (Lipinski definition) is 3. The standard InChI is InChI=1S/C14H15N3/c1-10-9-13(11-7-8-11)17-14(15-10)16-12-5-3-2-4-6-12/h2-6,9,11H,7-8H2,1H3,(H,15,16,17)/i2+1,3+1,4+1,5+1,6+1,12+1. The van der Waals surface area contributed by atoms with Crippen molar-refractivity contribution < 1.29 is 0 Å². The van der Waals surface area contributed by atoms with Gasteiger partial charge in [0.25, 0.3) is 0 Å². The van der Waals surface area contributed by atoms with Gasteiger partial charge in [-0.05, 0) is 38.0 Å². The molecule has 0 bridgehead atoms. The second kappa shape index (κ2) is 4.17. The average molecular weight is 231 g/mol. The first-order chi connectivity index (χ1) is 8.31. The molecular formula is C14H15N3. The molecule has 1 aromatic carbocycles. The fraction of sp³-hybridized carbons (Fsp3) is 0.286. The van der Waals surface area contributed by atoms with Crippen molar-refractivity contribution in [2.24, 2.45) is 0 Å². The van der Waals surface area contributed by atoms with Crippen LogP contribution in [-0.2, 0) is 0 Å². The number of anilines is 2. The van der Waals surface area contributed by atoms with Crippen LogP contribution in [0.4, 0.5) is 11.6 Å². The second-order valence-corrected chi connectivity index (χ2v) is 4.52. The monoisotopic (exact) mass is 231 g/mol. The van der Waals surface area contributed by atoms with E-state index in [1.165, 1.54) is 18.5 Å². The Bertz CT molecular complexity index is 518. The molecule has 1 aliphatic carbocycles. The number of hydrogen-bond donors (Lipinski definition) is 1. The van der Waals surface area contributed by atoms with E-state index in [4.69, 9.17) is 0 Å². The molecule has 17 heavy (non-hydrogen) atoms. The Morgan fingerprint density at radius 2 is 1.88 bits per heavy atom. The van der Waals surface area contributed by atoms with Crippen LogP contribution >= 0.6 is 0 Å². The molecule has 3 nitrogen and oxygen atoms in total. The van der Waals surface area contributed by atoms with Crippen LogP contribution in [0, 0.1) is 6.92 Å². The molecule has 1 fully saturated rings. The SMILES string of the molecule is Cc1cc(C2CC2)nc(N[13c]2[13cH][13cH][13cH][13cH][13cH]2)n1. The average Bonchev–Trinajstić information content (AvgIpc) is 3.13. The van der Waals surface area contributed by atoms with E-state index in [0.717, 1.165) is 11.4 Å². The van der Waals surface area contributed by atoms with Crippen molar-refractivity contribution in [1.82, 2.24) is 9.97 Å². The van der Waals surface area contributed by atoms with Gasteiger partial charge in [0.1, 0.15) is 0 Å². The van der Waals surface area contributed by atoms with Crippen LogP contribution in [0.25, 0.3) is 0 Å². The molecule has 1 aromatic heterocycles. The summed E-state index contributed by atoms with van der Waals surface area (Å²) in [5.74, 6) is 1.37. The Hall–Kier alpha value is -1.90. The Balaban J connectivity index is 1.87. The number of benzene rings is 1. The molecule has 0 spiro atoms. The zero-order valence-corrected chi connectivity index (χ0v) is 9.85. The summed E-state index contributed by atoms with van der Waals surface area (Å²) in [4.78, 5) is 8.99. The zero-order valence-electron chi connectivity index (χ0n) is 9.85. The van der Waals surface area contributed by atoms with Gasteiger partial charge in [-0.3, -0.25) is 0 Å². The van der Waals surface area contributed by atoms with Gasteiger partial charge < -0.3 is 5.32 Å². The predicted molar refractivity (Wildman–Crippen MR) is 68.5 cm³/mol. The molecule has 1 N–H and O–H groups in total. The molecule has 0 atom stereocenters. The molecule has 0 unspecified atom stereocenters. The molecule has 0 aliphatic heterocycles. The Kier molecular flexibility index (Phi) is 2.52. The van der Waals surface area contributed by atoms with Crippen LogP contribution in [0.1, 0.15) is 30.1 Å².